The topological polar surface area (TPSA) is 12.0 Å². The van der Waals surface area contributed by atoms with Crippen LogP contribution in [0, 0.1) is 11.8 Å². The van der Waals surface area contributed by atoms with Crippen molar-refractivity contribution < 1.29 is 0 Å². The minimum Gasteiger partial charge on any atom is -0.316 e. The first-order valence-corrected chi connectivity index (χ1v) is 8.04. The summed E-state index contributed by atoms with van der Waals surface area (Å²) in [6.07, 6.45) is 6.77. The van der Waals surface area contributed by atoms with Crippen molar-refractivity contribution in [3.05, 3.63) is 34.3 Å². The lowest BCUT2D eigenvalue weighted by atomic mass is 9.73. The van der Waals surface area contributed by atoms with Crippen LogP contribution in [0.15, 0.2) is 28.7 Å². The lowest BCUT2D eigenvalue weighted by molar-refractivity contribution is 0.200. The Kier molecular flexibility index (Phi) is 5.71. The van der Waals surface area contributed by atoms with Crippen LogP contribution in [0.25, 0.3) is 0 Å². The molecule has 0 amide bonds. The third-order valence-corrected chi connectivity index (χ3v) is 4.53. The fourth-order valence-corrected chi connectivity index (χ4v) is 3.19. The van der Waals surface area contributed by atoms with Crippen LogP contribution in [-0.4, -0.2) is 13.1 Å². The summed E-state index contributed by atoms with van der Waals surface area (Å²) in [6.45, 7) is 4.58. The van der Waals surface area contributed by atoms with E-state index in [4.69, 9.17) is 0 Å². The molecule has 1 unspecified atom stereocenters. The Bertz CT molecular complexity index is 360. The quantitative estimate of drug-likeness (QED) is 0.736. The molecule has 0 bridgehead atoms. The molecule has 0 aromatic heterocycles. The van der Waals surface area contributed by atoms with Gasteiger partial charge in [-0.3, -0.25) is 0 Å². The maximum Gasteiger partial charge on any atom is 0.0177 e. The molecule has 0 aliphatic heterocycles. The van der Waals surface area contributed by atoms with Gasteiger partial charge in [-0.25, -0.2) is 0 Å². The lowest BCUT2D eigenvalue weighted by Gasteiger charge is -2.34. The molecule has 1 aliphatic rings. The molecular weight excluding hydrogens is 286 g/mol. The Morgan fingerprint density at radius 3 is 2.83 bits per heavy atom. The molecule has 1 aromatic carbocycles. The second-order valence-electron chi connectivity index (χ2n) is 5.49. The van der Waals surface area contributed by atoms with Gasteiger partial charge >= 0.3 is 0 Å². The Hall–Kier alpha value is -0.340. The Morgan fingerprint density at radius 2 is 2.22 bits per heavy atom. The highest BCUT2D eigenvalue weighted by molar-refractivity contribution is 9.10. The maximum atomic E-state index is 3.61. The van der Waals surface area contributed by atoms with Gasteiger partial charge < -0.3 is 5.32 Å². The zero-order valence-corrected chi connectivity index (χ0v) is 12.9. The molecule has 1 aliphatic carbocycles. The Balaban J connectivity index is 1.91. The predicted octanol–water partition coefficient (Wildman–Crippen LogP) is 4.41. The van der Waals surface area contributed by atoms with E-state index in [0.717, 1.165) is 18.4 Å². The SMILES string of the molecule is CCCNCC(Cc1cccc(Br)c1)C1CCC1. The lowest BCUT2D eigenvalue weighted by Crippen LogP contribution is -2.33. The second-order valence-corrected chi connectivity index (χ2v) is 6.40. The van der Waals surface area contributed by atoms with E-state index in [0.29, 0.717) is 0 Å². The number of rotatable bonds is 7. The molecule has 2 rings (SSSR count). The maximum absolute atomic E-state index is 3.61. The minimum atomic E-state index is 0.819. The Labute approximate surface area is 119 Å². The van der Waals surface area contributed by atoms with E-state index in [2.05, 4.69) is 52.4 Å². The summed E-state index contributed by atoms with van der Waals surface area (Å²) in [5, 5.41) is 3.61. The van der Waals surface area contributed by atoms with Gasteiger partial charge in [0.15, 0.2) is 0 Å². The predicted molar refractivity (Wildman–Crippen MR) is 81.8 cm³/mol. The first-order valence-electron chi connectivity index (χ1n) is 7.24. The van der Waals surface area contributed by atoms with Gasteiger partial charge in [-0.15, -0.1) is 0 Å². The van der Waals surface area contributed by atoms with Crippen LogP contribution in [0.3, 0.4) is 0 Å². The largest absolute Gasteiger partial charge is 0.316 e. The van der Waals surface area contributed by atoms with Crippen molar-refractivity contribution in [2.45, 2.75) is 39.0 Å². The van der Waals surface area contributed by atoms with Crippen LogP contribution in [0.2, 0.25) is 0 Å². The molecule has 18 heavy (non-hydrogen) atoms. The van der Waals surface area contributed by atoms with E-state index in [-0.39, 0.29) is 0 Å². The average molecular weight is 310 g/mol. The molecule has 0 spiro atoms. The van der Waals surface area contributed by atoms with E-state index in [1.807, 2.05) is 0 Å². The minimum absolute atomic E-state index is 0.819. The highest BCUT2D eigenvalue weighted by atomic mass is 79.9. The fourth-order valence-electron chi connectivity index (χ4n) is 2.75. The molecular formula is C16H24BrN. The third-order valence-electron chi connectivity index (χ3n) is 4.04. The van der Waals surface area contributed by atoms with Gasteiger partial charge in [-0.1, -0.05) is 54.2 Å². The van der Waals surface area contributed by atoms with Crippen LogP contribution in [0.4, 0.5) is 0 Å². The summed E-state index contributed by atoms with van der Waals surface area (Å²) in [5.41, 5.74) is 1.47. The van der Waals surface area contributed by atoms with E-state index in [9.17, 15) is 0 Å². The van der Waals surface area contributed by atoms with Crippen molar-refractivity contribution in [1.82, 2.24) is 5.32 Å². The normalized spacial score (nSPS) is 17.4. The summed E-state index contributed by atoms with van der Waals surface area (Å²) in [6, 6.07) is 8.79. The van der Waals surface area contributed by atoms with Crippen molar-refractivity contribution >= 4 is 15.9 Å². The van der Waals surface area contributed by atoms with Crippen LogP contribution in [0.5, 0.6) is 0 Å². The zero-order chi connectivity index (χ0) is 12.8. The Morgan fingerprint density at radius 1 is 1.39 bits per heavy atom. The molecule has 2 heteroatoms. The summed E-state index contributed by atoms with van der Waals surface area (Å²) in [4.78, 5) is 0. The van der Waals surface area contributed by atoms with Gasteiger partial charge in [0.2, 0.25) is 0 Å². The summed E-state index contributed by atoms with van der Waals surface area (Å²) in [5.74, 6) is 1.77. The summed E-state index contributed by atoms with van der Waals surface area (Å²) in [7, 11) is 0. The van der Waals surface area contributed by atoms with E-state index in [1.54, 1.807) is 0 Å². The molecule has 0 radical (unpaired) electrons. The zero-order valence-electron chi connectivity index (χ0n) is 11.3. The van der Waals surface area contributed by atoms with Gasteiger partial charge in [-0.05, 0) is 55.5 Å². The monoisotopic (exact) mass is 309 g/mol. The van der Waals surface area contributed by atoms with Crippen LogP contribution < -0.4 is 5.32 Å². The third kappa shape index (κ3) is 4.10. The second kappa shape index (κ2) is 7.30. The van der Waals surface area contributed by atoms with Crippen molar-refractivity contribution in [3.8, 4) is 0 Å². The van der Waals surface area contributed by atoms with Crippen molar-refractivity contribution in [2.24, 2.45) is 11.8 Å². The van der Waals surface area contributed by atoms with Gasteiger partial charge in [0.1, 0.15) is 0 Å². The van der Waals surface area contributed by atoms with E-state index in [1.165, 1.54) is 48.7 Å². The van der Waals surface area contributed by atoms with Crippen molar-refractivity contribution in [2.75, 3.05) is 13.1 Å². The standard InChI is InChI=1S/C16H24BrN/c1-2-9-18-12-15(14-6-4-7-14)10-13-5-3-8-16(17)11-13/h3,5,8,11,14-15,18H,2,4,6-7,9-10,12H2,1H3. The number of benzene rings is 1. The molecule has 100 valence electrons. The average Bonchev–Trinajstić information content (AvgIpc) is 2.27. The van der Waals surface area contributed by atoms with Crippen LogP contribution >= 0.6 is 15.9 Å². The van der Waals surface area contributed by atoms with Crippen LogP contribution in [-0.2, 0) is 6.42 Å². The molecule has 0 saturated heterocycles. The number of hydrogen-bond donors (Lipinski definition) is 1. The van der Waals surface area contributed by atoms with Crippen molar-refractivity contribution in [1.29, 1.82) is 0 Å². The van der Waals surface area contributed by atoms with Crippen molar-refractivity contribution in [3.63, 3.8) is 0 Å². The molecule has 1 saturated carbocycles. The molecule has 1 atom stereocenters. The van der Waals surface area contributed by atoms with Gasteiger partial charge in [0.05, 0.1) is 0 Å². The van der Waals surface area contributed by atoms with Gasteiger partial charge in [0.25, 0.3) is 0 Å². The molecule has 0 heterocycles. The first kappa shape index (κ1) is 14.1. The fraction of sp³-hybridized carbons (Fsp3) is 0.625. The molecule has 1 fully saturated rings. The highest BCUT2D eigenvalue weighted by Crippen LogP contribution is 2.35. The van der Waals surface area contributed by atoms with E-state index >= 15 is 0 Å². The molecule has 1 nitrogen and oxygen atoms in total. The number of nitrogens with one attached hydrogen (secondary N) is 1. The van der Waals surface area contributed by atoms with Gasteiger partial charge in [-0.2, -0.15) is 0 Å². The van der Waals surface area contributed by atoms with Crippen LogP contribution in [0.1, 0.15) is 38.2 Å². The summed E-state index contributed by atoms with van der Waals surface area (Å²) < 4.78 is 1.20. The number of halogens is 1. The van der Waals surface area contributed by atoms with Gasteiger partial charge in [0, 0.05) is 4.47 Å². The number of hydrogen-bond acceptors (Lipinski definition) is 1. The summed E-state index contributed by atoms with van der Waals surface area (Å²) >= 11 is 3.57. The molecule has 1 N–H and O–H groups in total. The van der Waals surface area contributed by atoms with E-state index < -0.39 is 0 Å². The smallest absolute Gasteiger partial charge is 0.0177 e. The first-order chi connectivity index (χ1) is 8.79. The molecule has 1 aromatic rings. The highest BCUT2D eigenvalue weighted by Gasteiger charge is 2.26.